The fourth-order valence-electron chi connectivity index (χ4n) is 5.73. The van der Waals surface area contributed by atoms with Crippen molar-refractivity contribution in [2.24, 2.45) is 4.99 Å². The topological polar surface area (TPSA) is 38.8 Å². The van der Waals surface area contributed by atoms with Gasteiger partial charge in [0.1, 0.15) is 11.5 Å². The molecule has 4 aromatic carbocycles. The third-order valence-corrected chi connectivity index (χ3v) is 7.79. The van der Waals surface area contributed by atoms with E-state index in [1.807, 2.05) is 121 Å². The number of nitrogens with zero attached hydrogens (tertiary/aromatic N) is 3. The van der Waals surface area contributed by atoms with Gasteiger partial charge in [0.15, 0.2) is 0 Å². The molecule has 0 saturated carbocycles. The quantitative estimate of drug-likeness (QED) is 0.201. The van der Waals surface area contributed by atoms with Crippen LogP contribution in [0, 0.1) is 0 Å². The van der Waals surface area contributed by atoms with Crippen LogP contribution in [0.2, 0.25) is 0 Å². The zero-order valence-electron chi connectivity index (χ0n) is 23.0. The predicted octanol–water partition coefficient (Wildman–Crippen LogP) is 7.70. The number of allylic oxidation sites excluding steroid dienone is 1. The molecule has 5 nitrogen and oxygen atoms in total. The minimum atomic E-state index is -4.37. The molecule has 0 aliphatic carbocycles. The number of halogens is 2. The first-order chi connectivity index (χ1) is 20.5. The van der Waals surface area contributed by atoms with Crippen LogP contribution in [-0.2, 0) is 0 Å². The van der Waals surface area contributed by atoms with E-state index in [9.17, 15) is 0 Å². The number of aromatic nitrogens is 1. The van der Waals surface area contributed by atoms with E-state index in [-0.39, 0.29) is 11.7 Å². The van der Waals surface area contributed by atoms with Gasteiger partial charge in [0.25, 0.3) is 5.84 Å². The van der Waals surface area contributed by atoms with Crippen molar-refractivity contribution in [1.82, 2.24) is 4.48 Å². The Morgan fingerprint density at radius 3 is 1.79 bits per heavy atom. The molecule has 7 rings (SSSR count). The van der Waals surface area contributed by atoms with Gasteiger partial charge in [-0.1, -0.05) is 84.9 Å². The summed E-state index contributed by atoms with van der Waals surface area (Å²) in [5.41, 5.74) is 4.94. The lowest BCUT2D eigenvalue weighted by Gasteiger charge is -2.32. The molecule has 0 amide bonds. The van der Waals surface area contributed by atoms with Crippen molar-refractivity contribution in [3.05, 3.63) is 132 Å². The monoisotopic (exact) mass is 557 g/mol. The zero-order chi connectivity index (χ0) is 28.8. The highest BCUT2D eigenvalue weighted by molar-refractivity contribution is 6.63. The standard InChI is InChI=1S/C34H26BF2N3O2/c1-41-27-17-13-23(14-18-27)29-21-31(25-9-5-3-6-10-25)39-33(29)38-34-30(24-15-19-28(42-2)20-16-24)22-32(40(34)35(39,36)37)26-11-7-4-8-12-26/h3-22H,1-2H3. The molecule has 8 heteroatoms. The first-order valence-electron chi connectivity index (χ1n) is 13.6. The molecule has 0 atom stereocenters. The number of ether oxygens (including phenoxy) is 2. The first-order valence-corrected chi connectivity index (χ1v) is 13.6. The Bertz CT molecular complexity index is 1890. The molecule has 0 unspecified atom stereocenters. The Labute approximate surface area is 242 Å². The van der Waals surface area contributed by atoms with Gasteiger partial charge in [-0.3, -0.25) is 0 Å². The number of benzene rings is 4. The maximum absolute atomic E-state index is 17.3. The molecule has 3 heterocycles. The van der Waals surface area contributed by atoms with Gasteiger partial charge >= 0.3 is 6.97 Å². The van der Waals surface area contributed by atoms with Gasteiger partial charge in [-0.2, -0.15) is 0 Å². The summed E-state index contributed by atoms with van der Waals surface area (Å²) in [5, 5.41) is 0. The largest absolute Gasteiger partial charge is 0.642 e. The number of methoxy groups -OCH3 is 2. The molecule has 0 bridgehead atoms. The lowest BCUT2D eigenvalue weighted by atomic mass is 9.90. The van der Waals surface area contributed by atoms with Crippen LogP contribution in [-0.4, -0.2) is 41.7 Å². The third-order valence-electron chi connectivity index (χ3n) is 7.79. The van der Waals surface area contributed by atoms with Crippen LogP contribution < -0.4 is 9.47 Å². The van der Waals surface area contributed by atoms with Crippen molar-refractivity contribution in [2.75, 3.05) is 14.2 Å². The minimum Gasteiger partial charge on any atom is -0.497 e. The van der Waals surface area contributed by atoms with Gasteiger partial charge < -0.3 is 27.1 Å². The van der Waals surface area contributed by atoms with Crippen molar-refractivity contribution in [3.8, 4) is 33.9 Å². The Morgan fingerprint density at radius 2 is 1.21 bits per heavy atom. The Balaban J connectivity index is 1.52. The average molecular weight is 557 g/mol. The fourth-order valence-corrected chi connectivity index (χ4v) is 5.73. The van der Waals surface area contributed by atoms with Crippen molar-refractivity contribution in [2.45, 2.75) is 0 Å². The molecule has 0 saturated heterocycles. The molecule has 1 aromatic heterocycles. The Hall–Kier alpha value is -5.24. The van der Waals surface area contributed by atoms with E-state index in [4.69, 9.17) is 14.5 Å². The molecule has 2 aliphatic heterocycles. The molecule has 0 radical (unpaired) electrons. The fraction of sp³-hybridized carbons (Fsp3) is 0.0588. The number of fused-ring (bicyclic) bond motifs is 2. The highest BCUT2D eigenvalue weighted by atomic mass is 19.2. The summed E-state index contributed by atoms with van der Waals surface area (Å²) in [5.74, 6) is 1.79. The lowest BCUT2D eigenvalue weighted by molar-refractivity contribution is -0.291. The molecular weight excluding hydrogens is 531 g/mol. The molecule has 0 spiro atoms. The second-order valence-corrected chi connectivity index (χ2v) is 10.2. The van der Waals surface area contributed by atoms with Crippen LogP contribution in [0.15, 0.2) is 126 Å². The van der Waals surface area contributed by atoms with Crippen LogP contribution in [0.5, 0.6) is 11.5 Å². The number of amidine groups is 1. The zero-order valence-corrected chi connectivity index (χ0v) is 23.0. The van der Waals surface area contributed by atoms with Crippen molar-refractivity contribution in [1.29, 1.82) is 0 Å². The third kappa shape index (κ3) is 4.06. The molecule has 0 fully saturated rings. The van der Waals surface area contributed by atoms with E-state index >= 15 is 8.63 Å². The molecule has 206 valence electrons. The average Bonchev–Trinajstić information content (AvgIpc) is 3.63. The van der Waals surface area contributed by atoms with E-state index in [0.717, 1.165) is 20.1 Å². The van der Waals surface area contributed by atoms with Gasteiger partial charge in [-0.25, -0.2) is 0 Å². The van der Waals surface area contributed by atoms with E-state index < -0.39 is 6.97 Å². The summed E-state index contributed by atoms with van der Waals surface area (Å²) >= 11 is 0. The predicted molar refractivity (Wildman–Crippen MR) is 164 cm³/mol. The van der Waals surface area contributed by atoms with Crippen LogP contribution in [0.4, 0.5) is 14.4 Å². The maximum atomic E-state index is 17.3. The Morgan fingerprint density at radius 1 is 0.667 bits per heavy atom. The van der Waals surface area contributed by atoms with E-state index in [0.29, 0.717) is 45.2 Å². The van der Waals surface area contributed by atoms with E-state index in [1.54, 1.807) is 14.2 Å². The smallest absolute Gasteiger partial charge is 0.497 e. The number of aliphatic imine (C=N–C) groups is 1. The van der Waals surface area contributed by atoms with Gasteiger partial charge in [-0.15, -0.1) is 0 Å². The molecular formula is C34H26BF2N3O2. The van der Waals surface area contributed by atoms with Crippen LogP contribution in [0.1, 0.15) is 11.1 Å². The number of rotatable bonds is 6. The minimum absolute atomic E-state index is 0.212. The van der Waals surface area contributed by atoms with E-state index in [1.165, 1.54) is 0 Å². The second-order valence-electron chi connectivity index (χ2n) is 10.2. The highest BCUT2D eigenvalue weighted by Gasteiger charge is 2.53. The lowest BCUT2D eigenvalue weighted by Crippen LogP contribution is -2.53. The molecule has 5 aromatic rings. The van der Waals surface area contributed by atoms with Gasteiger partial charge in [0.2, 0.25) is 5.82 Å². The summed E-state index contributed by atoms with van der Waals surface area (Å²) in [7, 11) is 3.20. The summed E-state index contributed by atoms with van der Waals surface area (Å²) in [6.07, 6.45) is 1.81. The van der Waals surface area contributed by atoms with Crippen LogP contribution >= 0.6 is 0 Å². The normalized spacial score (nSPS) is 15.0. The molecule has 2 aliphatic rings. The molecule has 42 heavy (non-hydrogen) atoms. The maximum Gasteiger partial charge on any atom is 0.642 e. The van der Waals surface area contributed by atoms with Crippen LogP contribution in [0.3, 0.4) is 0 Å². The van der Waals surface area contributed by atoms with Crippen molar-refractivity contribution >= 4 is 29.9 Å². The van der Waals surface area contributed by atoms with Crippen LogP contribution in [0.25, 0.3) is 28.0 Å². The summed E-state index contributed by atoms with van der Waals surface area (Å²) < 4.78 is 47.4. The summed E-state index contributed by atoms with van der Waals surface area (Å²) in [6.45, 7) is -4.37. The van der Waals surface area contributed by atoms with E-state index in [2.05, 4.69) is 0 Å². The SMILES string of the molecule is COc1ccc(C2=CC(c3ccccc3)=[N+]3C2=Nc2c(-c4ccc(OC)cc4)cc(-c4ccccc4)n2[B-]3(F)F)cc1. The Kier molecular flexibility index (Phi) is 6.12. The van der Waals surface area contributed by atoms with Crippen molar-refractivity contribution < 1.29 is 22.6 Å². The molecule has 0 N–H and O–H groups in total. The number of hydrogen-bond donors (Lipinski definition) is 0. The van der Waals surface area contributed by atoms with Gasteiger partial charge in [0, 0.05) is 16.8 Å². The van der Waals surface area contributed by atoms with Crippen molar-refractivity contribution in [3.63, 3.8) is 0 Å². The van der Waals surface area contributed by atoms with Gasteiger partial charge in [-0.05, 0) is 58.1 Å². The first kappa shape index (κ1) is 25.7. The summed E-state index contributed by atoms with van der Waals surface area (Å²) in [6, 6.07) is 35.2. The summed E-state index contributed by atoms with van der Waals surface area (Å²) in [4.78, 5) is 5.03. The number of hydrogen-bond acceptors (Lipinski definition) is 3. The highest BCUT2D eigenvalue weighted by Crippen LogP contribution is 2.46. The second kappa shape index (κ2) is 9.99. The van der Waals surface area contributed by atoms with Gasteiger partial charge in [0.05, 0.1) is 25.5 Å².